The highest BCUT2D eigenvalue weighted by atomic mass is 15.3. The van der Waals surface area contributed by atoms with Crippen LogP contribution in [0, 0.1) is 20.8 Å². The molecule has 7 nitrogen and oxygen atoms in total. The van der Waals surface area contributed by atoms with Crippen LogP contribution in [0.4, 0.5) is 5.82 Å². The normalized spacial score (nSPS) is 11.0. The van der Waals surface area contributed by atoms with E-state index in [4.69, 9.17) is 0 Å². The monoisotopic (exact) mass is 269 g/mol. The zero-order chi connectivity index (χ0) is 14.3. The minimum atomic E-state index is 0.686. The van der Waals surface area contributed by atoms with Gasteiger partial charge >= 0.3 is 0 Å². The van der Waals surface area contributed by atoms with Gasteiger partial charge < -0.3 is 5.32 Å². The molecule has 0 saturated heterocycles. The predicted octanol–water partition coefficient (Wildman–Crippen LogP) is 1.57. The zero-order valence-electron chi connectivity index (χ0n) is 11.8. The fourth-order valence-electron chi connectivity index (χ4n) is 2.18. The quantitative estimate of drug-likeness (QED) is 0.760. The van der Waals surface area contributed by atoms with Crippen molar-refractivity contribution in [2.45, 2.75) is 20.8 Å². The maximum absolute atomic E-state index is 4.47. The van der Waals surface area contributed by atoms with Crippen molar-refractivity contribution >= 4 is 16.9 Å². The second-order valence-corrected chi connectivity index (χ2v) is 4.58. The van der Waals surface area contributed by atoms with Gasteiger partial charge in [0.25, 0.3) is 0 Å². The molecule has 3 heterocycles. The van der Waals surface area contributed by atoms with Crippen LogP contribution >= 0.6 is 0 Å². The van der Waals surface area contributed by atoms with E-state index in [0.717, 1.165) is 22.5 Å². The van der Waals surface area contributed by atoms with Gasteiger partial charge in [-0.1, -0.05) is 0 Å². The van der Waals surface area contributed by atoms with Crippen LogP contribution in [0.5, 0.6) is 0 Å². The zero-order valence-corrected chi connectivity index (χ0v) is 11.8. The summed E-state index contributed by atoms with van der Waals surface area (Å²) in [5.41, 5.74) is 1.63. The van der Waals surface area contributed by atoms with Crippen LogP contribution in [0.3, 0.4) is 0 Å². The van der Waals surface area contributed by atoms with Crippen molar-refractivity contribution in [1.29, 1.82) is 0 Å². The van der Waals surface area contributed by atoms with E-state index in [1.165, 1.54) is 0 Å². The van der Waals surface area contributed by atoms with E-state index in [9.17, 15) is 0 Å². The summed E-state index contributed by atoms with van der Waals surface area (Å²) < 4.78 is 1.71. The van der Waals surface area contributed by atoms with E-state index >= 15 is 0 Å². The van der Waals surface area contributed by atoms with Crippen LogP contribution in [-0.4, -0.2) is 36.8 Å². The summed E-state index contributed by atoms with van der Waals surface area (Å²) >= 11 is 0. The van der Waals surface area contributed by atoms with Gasteiger partial charge in [-0.3, -0.25) is 0 Å². The number of aromatic nitrogens is 6. The molecule has 0 aromatic carbocycles. The SMILES string of the molecule is CNc1nc(C)nc2c1cnn2-c1cc(C)nc(C)n1. The highest BCUT2D eigenvalue weighted by Gasteiger charge is 2.13. The Morgan fingerprint density at radius 1 is 1.00 bits per heavy atom. The van der Waals surface area contributed by atoms with E-state index < -0.39 is 0 Å². The lowest BCUT2D eigenvalue weighted by atomic mass is 10.3. The van der Waals surface area contributed by atoms with Crippen LogP contribution in [0.15, 0.2) is 12.3 Å². The minimum Gasteiger partial charge on any atom is -0.372 e. The first-order valence-electron chi connectivity index (χ1n) is 6.31. The van der Waals surface area contributed by atoms with Crippen LogP contribution in [-0.2, 0) is 0 Å². The maximum Gasteiger partial charge on any atom is 0.170 e. The molecule has 0 radical (unpaired) electrons. The summed E-state index contributed by atoms with van der Waals surface area (Å²) in [5.74, 6) is 2.88. The molecule has 1 N–H and O–H groups in total. The van der Waals surface area contributed by atoms with E-state index in [1.54, 1.807) is 10.9 Å². The Morgan fingerprint density at radius 2 is 1.75 bits per heavy atom. The molecular formula is C13H15N7. The van der Waals surface area contributed by atoms with Gasteiger partial charge in [-0.05, 0) is 20.8 Å². The van der Waals surface area contributed by atoms with E-state index in [0.29, 0.717) is 17.5 Å². The first-order valence-corrected chi connectivity index (χ1v) is 6.31. The molecule has 3 aromatic rings. The van der Waals surface area contributed by atoms with Crippen molar-refractivity contribution in [2.24, 2.45) is 0 Å². The van der Waals surface area contributed by atoms with Gasteiger partial charge in [-0.15, -0.1) is 0 Å². The number of rotatable bonds is 2. The van der Waals surface area contributed by atoms with E-state index in [-0.39, 0.29) is 0 Å². The molecule has 102 valence electrons. The van der Waals surface area contributed by atoms with Crippen molar-refractivity contribution in [3.8, 4) is 5.82 Å². The first-order chi connectivity index (χ1) is 9.58. The molecule has 7 heteroatoms. The Bertz CT molecular complexity index is 771. The van der Waals surface area contributed by atoms with Crippen molar-refractivity contribution in [3.63, 3.8) is 0 Å². The summed E-state index contributed by atoms with van der Waals surface area (Å²) in [4.78, 5) is 17.5. The highest BCUT2D eigenvalue weighted by Crippen LogP contribution is 2.21. The Kier molecular flexibility index (Phi) is 2.81. The van der Waals surface area contributed by atoms with Gasteiger partial charge in [-0.2, -0.15) is 9.78 Å². The van der Waals surface area contributed by atoms with Gasteiger partial charge in [0.2, 0.25) is 0 Å². The van der Waals surface area contributed by atoms with Gasteiger partial charge in [0.1, 0.15) is 17.5 Å². The molecule has 0 aliphatic carbocycles. The lowest BCUT2D eigenvalue weighted by molar-refractivity contribution is 0.832. The minimum absolute atomic E-state index is 0.686. The molecular weight excluding hydrogens is 254 g/mol. The Balaban J connectivity index is 2.29. The fraction of sp³-hybridized carbons (Fsp3) is 0.308. The third kappa shape index (κ3) is 1.97. The molecule has 0 saturated carbocycles. The summed E-state index contributed by atoms with van der Waals surface area (Å²) in [7, 11) is 1.83. The molecule has 3 aromatic heterocycles. The molecule has 0 spiro atoms. The smallest absolute Gasteiger partial charge is 0.170 e. The van der Waals surface area contributed by atoms with Crippen molar-refractivity contribution < 1.29 is 0 Å². The number of hydrogen-bond donors (Lipinski definition) is 1. The molecule has 3 rings (SSSR count). The number of aryl methyl sites for hydroxylation is 3. The van der Waals surface area contributed by atoms with Gasteiger partial charge in [0.15, 0.2) is 11.5 Å². The Labute approximate surface area is 116 Å². The lowest BCUT2D eigenvalue weighted by Crippen LogP contribution is -2.05. The summed E-state index contributed by atoms with van der Waals surface area (Å²) in [5, 5.41) is 8.31. The average Bonchev–Trinajstić information content (AvgIpc) is 2.80. The number of anilines is 1. The standard InChI is InChI=1S/C13H15N7/c1-7-5-11(17-8(2)16-7)20-13-10(6-15-20)12(14-4)18-9(3)19-13/h5-6H,1-4H3,(H,14,18,19). The first kappa shape index (κ1) is 12.5. The second kappa shape index (κ2) is 4.52. The van der Waals surface area contributed by atoms with Crippen LogP contribution in [0.1, 0.15) is 17.3 Å². The third-order valence-corrected chi connectivity index (χ3v) is 2.95. The van der Waals surface area contributed by atoms with E-state index in [2.05, 4.69) is 30.4 Å². The maximum atomic E-state index is 4.47. The second-order valence-electron chi connectivity index (χ2n) is 4.58. The molecule has 0 atom stereocenters. The van der Waals surface area contributed by atoms with Crippen LogP contribution in [0.25, 0.3) is 16.9 Å². The third-order valence-electron chi connectivity index (χ3n) is 2.95. The summed E-state index contributed by atoms with van der Waals surface area (Å²) in [6, 6.07) is 1.88. The summed E-state index contributed by atoms with van der Waals surface area (Å²) in [6.45, 7) is 5.65. The van der Waals surface area contributed by atoms with Crippen molar-refractivity contribution in [2.75, 3.05) is 12.4 Å². The molecule has 0 fully saturated rings. The highest BCUT2D eigenvalue weighted by molar-refractivity contribution is 5.87. The molecule has 20 heavy (non-hydrogen) atoms. The molecule has 0 unspecified atom stereocenters. The molecule has 0 aliphatic rings. The number of hydrogen-bond acceptors (Lipinski definition) is 6. The van der Waals surface area contributed by atoms with Gasteiger partial charge in [0, 0.05) is 18.8 Å². The Morgan fingerprint density at radius 3 is 2.45 bits per heavy atom. The van der Waals surface area contributed by atoms with Crippen LogP contribution < -0.4 is 5.32 Å². The Hall–Kier alpha value is -2.57. The number of nitrogens with zero attached hydrogens (tertiary/aromatic N) is 6. The van der Waals surface area contributed by atoms with Crippen molar-refractivity contribution in [3.05, 3.63) is 29.6 Å². The van der Waals surface area contributed by atoms with Crippen LogP contribution in [0.2, 0.25) is 0 Å². The van der Waals surface area contributed by atoms with Gasteiger partial charge in [0.05, 0.1) is 11.6 Å². The topological polar surface area (TPSA) is 81.4 Å². The largest absolute Gasteiger partial charge is 0.372 e. The van der Waals surface area contributed by atoms with Gasteiger partial charge in [-0.25, -0.2) is 19.9 Å². The summed E-state index contributed by atoms with van der Waals surface area (Å²) in [6.07, 6.45) is 1.74. The van der Waals surface area contributed by atoms with Crippen molar-refractivity contribution in [1.82, 2.24) is 29.7 Å². The molecule has 0 aliphatic heterocycles. The fourth-order valence-corrected chi connectivity index (χ4v) is 2.18. The molecule has 0 bridgehead atoms. The number of nitrogens with one attached hydrogen (secondary N) is 1. The average molecular weight is 269 g/mol. The molecule has 0 amide bonds. The predicted molar refractivity (Wildman–Crippen MR) is 76.0 cm³/mol. The van der Waals surface area contributed by atoms with E-state index in [1.807, 2.05) is 33.9 Å². The lowest BCUT2D eigenvalue weighted by Gasteiger charge is -2.06. The number of fused-ring (bicyclic) bond motifs is 1.